The zero-order chi connectivity index (χ0) is 16.7. The predicted octanol–water partition coefficient (Wildman–Crippen LogP) is 2.80. The van der Waals surface area contributed by atoms with Crippen LogP contribution in [-0.2, 0) is 4.79 Å². The number of para-hydroxylation sites is 1. The Bertz CT molecular complexity index is 926. The monoisotopic (exact) mass is 343 g/mol. The topological polar surface area (TPSA) is 84.1 Å². The molecule has 0 radical (unpaired) electrons. The Balaban J connectivity index is 1.59. The zero-order valence-corrected chi connectivity index (χ0v) is 13.6. The van der Waals surface area contributed by atoms with Crippen LogP contribution >= 0.6 is 11.6 Å². The van der Waals surface area contributed by atoms with E-state index < -0.39 is 0 Å². The van der Waals surface area contributed by atoms with Gasteiger partial charge in [-0.15, -0.1) is 0 Å². The van der Waals surface area contributed by atoms with Crippen LogP contribution in [0.4, 0.5) is 11.5 Å². The molecule has 4 rings (SSSR count). The summed E-state index contributed by atoms with van der Waals surface area (Å²) in [6.45, 7) is 2.34. The zero-order valence-electron chi connectivity index (χ0n) is 12.9. The molecule has 1 N–H and O–H groups in total. The third-order valence-corrected chi connectivity index (χ3v) is 4.37. The van der Waals surface area contributed by atoms with Crippen LogP contribution < -0.4 is 10.2 Å². The van der Waals surface area contributed by atoms with Crippen molar-refractivity contribution in [3.63, 3.8) is 0 Å². The Kier molecular flexibility index (Phi) is 3.57. The molecule has 0 saturated carbocycles. The van der Waals surface area contributed by atoms with E-state index in [1.165, 1.54) is 6.33 Å². The summed E-state index contributed by atoms with van der Waals surface area (Å²) in [7, 11) is 0. The molecule has 7 nitrogen and oxygen atoms in total. The van der Waals surface area contributed by atoms with Gasteiger partial charge in [0, 0.05) is 13.0 Å². The highest BCUT2D eigenvalue weighted by atomic mass is 35.5. The molecule has 1 aromatic carbocycles. The van der Waals surface area contributed by atoms with E-state index in [2.05, 4.69) is 20.4 Å². The van der Waals surface area contributed by atoms with Crippen molar-refractivity contribution in [1.82, 2.24) is 15.1 Å². The quantitative estimate of drug-likeness (QED) is 0.787. The van der Waals surface area contributed by atoms with E-state index in [4.69, 9.17) is 16.1 Å². The Hall–Kier alpha value is -2.67. The summed E-state index contributed by atoms with van der Waals surface area (Å²) in [6, 6.07) is 7.24. The first-order valence-electron chi connectivity index (χ1n) is 7.52. The summed E-state index contributed by atoms with van der Waals surface area (Å²) in [5.74, 6) is 0.644. The Labute approximate surface area is 142 Å². The van der Waals surface area contributed by atoms with E-state index >= 15 is 0 Å². The third-order valence-electron chi connectivity index (χ3n) is 4.05. The molecule has 1 fully saturated rings. The smallest absolute Gasteiger partial charge is 0.263 e. The van der Waals surface area contributed by atoms with Gasteiger partial charge < -0.3 is 14.7 Å². The fourth-order valence-corrected chi connectivity index (χ4v) is 3.17. The second kappa shape index (κ2) is 5.76. The second-order valence-electron chi connectivity index (χ2n) is 5.67. The largest absolute Gasteiger partial charge is 0.364 e. The van der Waals surface area contributed by atoms with E-state index in [1.807, 2.05) is 25.1 Å². The molecule has 3 heterocycles. The van der Waals surface area contributed by atoms with Crippen LogP contribution in [0.15, 0.2) is 35.1 Å². The molecule has 2 aromatic heterocycles. The number of carbonyl (C=O) groups excluding carboxylic acids is 1. The molecule has 1 aliphatic rings. The summed E-state index contributed by atoms with van der Waals surface area (Å²) >= 11 is 6.21. The number of carbonyl (C=O) groups is 1. The molecule has 1 atom stereocenters. The van der Waals surface area contributed by atoms with Crippen LogP contribution in [0.2, 0.25) is 5.02 Å². The fourth-order valence-electron chi connectivity index (χ4n) is 2.93. The molecule has 24 heavy (non-hydrogen) atoms. The number of benzene rings is 1. The van der Waals surface area contributed by atoms with Crippen molar-refractivity contribution in [2.75, 3.05) is 16.8 Å². The van der Waals surface area contributed by atoms with Gasteiger partial charge in [-0.1, -0.05) is 28.9 Å². The molecule has 0 aliphatic carbocycles. The molecule has 8 heteroatoms. The molecular formula is C16H14ClN5O2. The molecule has 122 valence electrons. The maximum atomic E-state index is 12.4. The third kappa shape index (κ3) is 2.46. The summed E-state index contributed by atoms with van der Waals surface area (Å²) in [6.07, 6.45) is 1.78. The molecule has 0 unspecified atom stereocenters. The van der Waals surface area contributed by atoms with Crippen LogP contribution in [0.5, 0.6) is 0 Å². The number of aromatic nitrogens is 3. The normalized spacial score (nSPS) is 17.7. The van der Waals surface area contributed by atoms with E-state index in [0.29, 0.717) is 35.2 Å². The maximum absolute atomic E-state index is 12.4. The van der Waals surface area contributed by atoms with Gasteiger partial charge in [-0.3, -0.25) is 4.79 Å². The van der Waals surface area contributed by atoms with Crippen molar-refractivity contribution in [2.24, 2.45) is 0 Å². The van der Waals surface area contributed by atoms with Gasteiger partial charge in [-0.25, -0.2) is 4.98 Å². The van der Waals surface area contributed by atoms with Crippen molar-refractivity contribution < 1.29 is 9.32 Å². The molecule has 0 bridgehead atoms. The molecule has 1 amide bonds. The SMILES string of the molecule is Cc1noc2ncnc(N[C@H]3CC(=O)N(c4ccccc4Cl)C3)c12. The fraction of sp³-hybridized carbons (Fsp3) is 0.250. The number of amides is 1. The molecular weight excluding hydrogens is 330 g/mol. The average Bonchev–Trinajstić information content (AvgIpc) is 3.12. The van der Waals surface area contributed by atoms with Gasteiger partial charge in [0.15, 0.2) is 0 Å². The Morgan fingerprint density at radius 3 is 3.00 bits per heavy atom. The van der Waals surface area contributed by atoms with Crippen molar-refractivity contribution >= 4 is 40.1 Å². The van der Waals surface area contributed by atoms with E-state index in [1.54, 1.807) is 11.0 Å². The lowest BCUT2D eigenvalue weighted by Crippen LogP contribution is -2.28. The number of hydrogen-bond donors (Lipinski definition) is 1. The number of fused-ring (bicyclic) bond motifs is 1. The minimum atomic E-state index is -0.0822. The first-order valence-corrected chi connectivity index (χ1v) is 7.89. The van der Waals surface area contributed by atoms with Crippen LogP contribution in [0.1, 0.15) is 12.1 Å². The lowest BCUT2D eigenvalue weighted by Gasteiger charge is -2.18. The average molecular weight is 344 g/mol. The lowest BCUT2D eigenvalue weighted by molar-refractivity contribution is -0.117. The summed E-state index contributed by atoms with van der Waals surface area (Å²) < 4.78 is 5.15. The number of anilines is 2. The van der Waals surface area contributed by atoms with E-state index in [9.17, 15) is 4.79 Å². The van der Waals surface area contributed by atoms with Gasteiger partial charge in [0.2, 0.25) is 5.91 Å². The number of halogens is 1. The number of nitrogens with one attached hydrogen (secondary N) is 1. The van der Waals surface area contributed by atoms with Gasteiger partial charge in [0.25, 0.3) is 5.71 Å². The second-order valence-corrected chi connectivity index (χ2v) is 6.08. The molecule has 1 saturated heterocycles. The highest BCUT2D eigenvalue weighted by Gasteiger charge is 2.32. The summed E-state index contributed by atoms with van der Waals surface area (Å²) in [5.41, 5.74) is 1.86. The Morgan fingerprint density at radius 1 is 1.33 bits per heavy atom. The number of nitrogens with zero attached hydrogens (tertiary/aromatic N) is 4. The number of rotatable bonds is 3. The van der Waals surface area contributed by atoms with Gasteiger partial charge in [-0.2, -0.15) is 4.98 Å². The van der Waals surface area contributed by atoms with Crippen LogP contribution in [0.25, 0.3) is 11.1 Å². The predicted molar refractivity (Wildman–Crippen MR) is 90.2 cm³/mol. The van der Waals surface area contributed by atoms with Crippen molar-refractivity contribution in [3.8, 4) is 0 Å². The molecule has 3 aromatic rings. The molecule has 1 aliphatic heterocycles. The van der Waals surface area contributed by atoms with Crippen LogP contribution in [0.3, 0.4) is 0 Å². The number of aryl methyl sites for hydroxylation is 1. The lowest BCUT2D eigenvalue weighted by atomic mass is 10.2. The standard InChI is InChI=1S/C16H14ClN5O2/c1-9-14-15(18-8-19-16(14)24-21-9)20-10-6-13(23)22(7-10)12-5-3-2-4-11(12)17/h2-5,8,10H,6-7H2,1H3,(H,18,19,20)/t10-/m0/s1. The van der Waals surface area contributed by atoms with Crippen molar-refractivity contribution in [2.45, 2.75) is 19.4 Å². The van der Waals surface area contributed by atoms with E-state index in [-0.39, 0.29) is 11.9 Å². The van der Waals surface area contributed by atoms with Crippen molar-refractivity contribution in [1.29, 1.82) is 0 Å². The maximum Gasteiger partial charge on any atom is 0.263 e. The van der Waals surface area contributed by atoms with E-state index in [0.717, 1.165) is 11.1 Å². The van der Waals surface area contributed by atoms with Gasteiger partial charge in [-0.05, 0) is 19.1 Å². The highest BCUT2D eigenvalue weighted by Crippen LogP contribution is 2.30. The van der Waals surface area contributed by atoms with Crippen LogP contribution in [-0.4, -0.2) is 33.6 Å². The molecule has 0 spiro atoms. The van der Waals surface area contributed by atoms with Crippen molar-refractivity contribution in [3.05, 3.63) is 41.3 Å². The first kappa shape index (κ1) is 14.9. The Morgan fingerprint density at radius 2 is 2.17 bits per heavy atom. The number of hydrogen-bond acceptors (Lipinski definition) is 6. The minimum absolute atomic E-state index is 0.0212. The van der Waals surface area contributed by atoms with Gasteiger partial charge >= 0.3 is 0 Å². The van der Waals surface area contributed by atoms with Crippen LogP contribution in [0, 0.1) is 6.92 Å². The first-order chi connectivity index (χ1) is 11.6. The van der Waals surface area contributed by atoms with Gasteiger partial charge in [0.1, 0.15) is 17.5 Å². The summed E-state index contributed by atoms with van der Waals surface area (Å²) in [5, 5.41) is 8.51. The summed E-state index contributed by atoms with van der Waals surface area (Å²) in [4.78, 5) is 22.4. The highest BCUT2D eigenvalue weighted by molar-refractivity contribution is 6.33. The van der Waals surface area contributed by atoms with Gasteiger partial charge in [0.05, 0.1) is 22.4 Å². The minimum Gasteiger partial charge on any atom is -0.364 e.